The van der Waals surface area contributed by atoms with Gasteiger partial charge >= 0.3 is 0 Å². The first kappa shape index (κ1) is 25.8. The van der Waals surface area contributed by atoms with E-state index in [2.05, 4.69) is 89.9 Å². The second kappa shape index (κ2) is 8.70. The molecule has 0 bridgehead atoms. The van der Waals surface area contributed by atoms with Crippen LogP contribution in [0.25, 0.3) is 0 Å². The first-order chi connectivity index (χ1) is 15.6. The Morgan fingerprint density at radius 3 is 2.21 bits per heavy atom. The molecule has 34 heavy (non-hydrogen) atoms. The minimum Gasteiger partial charge on any atom is -0.293 e. The molecule has 0 saturated heterocycles. The van der Waals surface area contributed by atoms with Crippen LogP contribution in [0.15, 0.2) is 6.20 Å². The summed E-state index contributed by atoms with van der Waals surface area (Å²) in [5.41, 5.74) is 4.75. The van der Waals surface area contributed by atoms with Gasteiger partial charge in [-0.2, -0.15) is 5.10 Å². The molecule has 4 heterocycles. The number of hydrogen-bond acceptors (Lipinski definition) is 5. The van der Waals surface area contributed by atoms with E-state index in [-0.39, 0.29) is 21.9 Å². The lowest BCUT2D eigenvalue weighted by molar-refractivity contribution is 0.0701. The molecule has 4 rings (SSSR count). The third-order valence-corrected chi connectivity index (χ3v) is 9.60. The Hall–Kier alpha value is -1.24. The Morgan fingerprint density at radius 2 is 1.56 bits per heavy atom. The highest BCUT2D eigenvalue weighted by Gasteiger charge is 2.36. The average Bonchev–Trinajstić information content (AvgIpc) is 3.35. The normalized spacial score (nSPS) is 18.8. The van der Waals surface area contributed by atoms with Gasteiger partial charge in [0.1, 0.15) is 0 Å². The molecule has 0 spiro atoms. The lowest BCUT2D eigenvalue weighted by Crippen LogP contribution is -2.48. The van der Waals surface area contributed by atoms with Gasteiger partial charge in [-0.1, -0.05) is 34.6 Å². The van der Waals surface area contributed by atoms with Crippen LogP contribution < -0.4 is 0 Å². The van der Waals surface area contributed by atoms with E-state index < -0.39 is 0 Å². The Morgan fingerprint density at radius 1 is 0.853 bits per heavy atom. The van der Waals surface area contributed by atoms with Crippen molar-refractivity contribution in [2.45, 2.75) is 130 Å². The third-order valence-electron chi connectivity index (χ3n) is 8.16. The minimum atomic E-state index is 0.0972. The molecular weight excluding hydrogens is 438 g/mol. The summed E-state index contributed by atoms with van der Waals surface area (Å²) in [6.07, 6.45) is 5.50. The van der Waals surface area contributed by atoms with E-state index >= 15 is 0 Å². The molecule has 0 unspecified atom stereocenters. The summed E-state index contributed by atoms with van der Waals surface area (Å²) in [6, 6.07) is 0. The van der Waals surface area contributed by atoms with E-state index in [1.165, 1.54) is 26.8 Å². The predicted molar refractivity (Wildman–Crippen MR) is 144 cm³/mol. The summed E-state index contributed by atoms with van der Waals surface area (Å²) in [7, 11) is 0. The van der Waals surface area contributed by atoms with Gasteiger partial charge in [0.25, 0.3) is 0 Å². The van der Waals surface area contributed by atoms with E-state index in [4.69, 9.17) is 10.1 Å². The van der Waals surface area contributed by atoms with Crippen molar-refractivity contribution in [2.75, 3.05) is 13.1 Å². The van der Waals surface area contributed by atoms with Gasteiger partial charge in [0.15, 0.2) is 0 Å². The number of hydrogen-bond donors (Lipinski definition) is 0. The van der Waals surface area contributed by atoms with Crippen LogP contribution in [0.3, 0.4) is 0 Å². The molecule has 2 aliphatic rings. The highest BCUT2D eigenvalue weighted by molar-refractivity contribution is 7.11. The first-order valence-electron chi connectivity index (χ1n) is 13.1. The molecule has 2 aliphatic heterocycles. The molecule has 0 fully saturated rings. The van der Waals surface area contributed by atoms with Gasteiger partial charge in [0.05, 0.1) is 29.1 Å². The second-order valence-corrected chi connectivity index (χ2v) is 14.9. The molecule has 2 aromatic rings. The standard InChI is InChI=1S/C28H47N5S/c1-25(2,3)20-17-29-33-16-15-32(18-22(20)33)28(9,10)13-12-27(7,8)24-30-21-11-14-31(26(4,5)6)19-23(21)34-24/h17H,11-16,18-19H2,1-10H3. The smallest absolute Gasteiger partial charge is 0.0987 e. The maximum Gasteiger partial charge on any atom is 0.0987 e. The Balaban J connectivity index is 1.44. The SMILES string of the molecule is CC(C)(C)c1cnn2c1CN(C(C)(C)CCC(C)(C)c1nc3c(s1)CN(C(C)(C)C)CC3)CC2. The summed E-state index contributed by atoms with van der Waals surface area (Å²) in [6.45, 7) is 28.7. The lowest BCUT2D eigenvalue weighted by atomic mass is 9.82. The van der Waals surface area contributed by atoms with Crippen molar-refractivity contribution in [1.29, 1.82) is 0 Å². The van der Waals surface area contributed by atoms with Crippen LogP contribution in [-0.2, 0) is 36.9 Å². The zero-order valence-electron chi connectivity index (χ0n) is 23.4. The average molecular weight is 486 g/mol. The molecule has 6 heteroatoms. The summed E-state index contributed by atoms with van der Waals surface area (Å²) in [5.74, 6) is 0. The van der Waals surface area contributed by atoms with Crippen LogP contribution in [0.4, 0.5) is 0 Å². The van der Waals surface area contributed by atoms with Gasteiger partial charge in [0, 0.05) is 54.0 Å². The van der Waals surface area contributed by atoms with Crippen LogP contribution in [-0.4, -0.2) is 48.7 Å². The van der Waals surface area contributed by atoms with Gasteiger partial charge in [-0.15, -0.1) is 11.3 Å². The van der Waals surface area contributed by atoms with Gasteiger partial charge in [-0.3, -0.25) is 14.5 Å². The minimum absolute atomic E-state index is 0.0972. The summed E-state index contributed by atoms with van der Waals surface area (Å²) in [4.78, 5) is 12.0. The quantitative estimate of drug-likeness (QED) is 0.509. The Kier molecular flexibility index (Phi) is 6.61. The fourth-order valence-electron chi connectivity index (χ4n) is 5.33. The van der Waals surface area contributed by atoms with Crippen molar-refractivity contribution in [1.82, 2.24) is 24.6 Å². The van der Waals surface area contributed by atoms with Gasteiger partial charge in [-0.05, 0) is 58.4 Å². The molecule has 0 radical (unpaired) electrons. The van der Waals surface area contributed by atoms with E-state index in [9.17, 15) is 0 Å². The maximum absolute atomic E-state index is 5.18. The fourth-order valence-corrected chi connectivity index (χ4v) is 6.58. The predicted octanol–water partition coefficient (Wildman–Crippen LogP) is 6.15. The van der Waals surface area contributed by atoms with E-state index in [0.717, 1.165) is 52.0 Å². The molecular formula is C28H47N5S. The molecule has 2 aromatic heterocycles. The maximum atomic E-state index is 5.18. The van der Waals surface area contributed by atoms with Crippen LogP contribution in [0.5, 0.6) is 0 Å². The molecule has 190 valence electrons. The molecule has 5 nitrogen and oxygen atoms in total. The van der Waals surface area contributed by atoms with E-state index in [1.54, 1.807) is 0 Å². The van der Waals surface area contributed by atoms with Crippen molar-refractivity contribution in [2.24, 2.45) is 0 Å². The van der Waals surface area contributed by atoms with Crippen molar-refractivity contribution in [3.8, 4) is 0 Å². The van der Waals surface area contributed by atoms with Crippen molar-refractivity contribution >= 4 is 11.3 Å². The highest BCUT2D eigenvalue weighted by atomic mass is 32.1. The van der Waals surface area contributed by atoms with Gasteiger partial charge in [0.2, 0.25) is 0 Å². The summed E-state index contributed by atoms with van der Waals surface area (Å²) < 4.78 is 2.23. The zero-order valence-corrected chi connectivity index (χ0v) is 24.2. The molecule has 0 N–H and O–H groups in total. The topological polar surface area (TPSA) is 37.2 Å². The van der Waals surface area contributed by atoms with E-state index in [0.29, 0.717) is 0 Å². The van der Waals surface area contributed by atoms with Gasteiger partial charge in [-0.25, -0.2) is 4.98 Å². The highest BCUT2D eigenvalue weighted by Crippen LogP contribution is 2.39. The molecule has 0 amide bonds. The monoisotopic (exact) mass is 485 g/mol. The van der Waals surface area contributed by atoms with Crippen LogP contribution in [0.2, 0.25) is 0 Å². The number of aromatic nitrogens is 3. The first-order valence-corrected chi connectivity index (χ1v) is 13.9. The number of thiazole rings is 1. The summed E-state index contributed by atoms with van der Waals surface area (Å²) >= 11 is 1.97. The Labute approximate surface area is 211 Å². The Bertz CT molecular complexity index is 1010. The third kappa shape index (κ3) is 5.15. The van der Waals surface area contributed by atoms with Crippen molar-refractivity contribution < 1.29 is 0 Å². The molecule has 0 atom stereocenters. The van der Waals surface area contributed by atoms with Crippen LogP contribution >= 0.6 is 11.3 Å². The van der Waals surface area contributed by atoms with Crippen molar-refractivity contribution in [3.63, 3.8) is 0 Å². The lowest BCUT2D eigenvalue weighted by Gasteiger charge is -2.43. The number of rotatable bonds is 5. The number of nitrogens with zero attached hydrogens (tertiary/aromatic N) is 5. The van der Waals surface area contributed by atoms with Crippen molar-refractivity contribution in [3.05, 3.63) is 33.0 Å². The largest absolute Gasteiger partial charge is 0.293 e. The molecule has 0 aromatic carbocycles. The molecule has 0 saturated carbocycles. The van der Waals surface area contributed by atoms with E-state index in [1.807, 2.05) is 11.3 Å². The fraction of sp³-hybridized carbons (Fsp3) is 0.786. The summed E-state index contributed by atoms with van der Waals surface area (Å²) in [5, 5.41) is 6.03. The molecule has 0 aliphatic carbocycles. The second-order valence-electron chi connectivity index (χ2n) is 13.8. The van der Waals surface area contributed by atoms with Crippen LogP contribution in [0, 0.1) is 0 Å². The van der Waals surface area contributed by atoms with Gasteiger partial charge < -0.3 is 0 Å². The van der Waals surface area contributed by atoms with Crippen LogP contribution in [0.1, 0.15) is 109 Å². The zero-order chi connectivity index (χ0) is 25.1. The number of fused-ring (bicyclic) bond motifs is 2.